The van der Waals surface area contributed by atoms with Gasteiger partial charge in [0.2, 0.25) is 0 Å². The fraction of sp³-hybridized carbons (Fsp3) is 0.375. The summed E-state index contributed by atoms with van der Waals surface area (Å²) >= 11 is 5.97. The van der Waals surface area contributed by atoms with Crippen molar-refractivity contribution < 1.29 is 32.5 Å². The number of ether oxygens (including phenoxy) is 2. The number of alkyl halides is 3. The molecule has 7 nitrogen and oxygen atoms in total. The van der Waals surface area contributed by atoms with Gasteiger partial charge in [-0.2, -0.15) is 18.3 Å². The van der Waals surface area contributed by atoms with Crippen LogP contribution in [0.3, 0.4) is 0 Å². The fourth-order valence-electron chi connectivity index (χ4n) is 3.01. The molecule has 1 aliphatic rings. The number of aromatic carboxylic acids is 1. The first-order valence-corrected chi connectivity index (χ1v) is 8.11. The maximum Gasteiger partial charge on any atom is 0.410 e. The number of fused-ring (bicyclic) bond motifs is 1. The van der Waals surface area contributed by atoms with E-state index in [4.69, 9.17) is 26.2 Å². The Morgan fingerprint density at radius 3 is 2.56 bits per heavy atom. The second-order valence-electron chi connectivity index (χ2n) is 5.87. The number of halogens is 4. The highest BCUT2D eigenvalue weighted by atomic mass is 35.5. The first kappa shape index (κ1) is 19.2. The molecule has 2 aromatic rings. The van der Waals surface area contributed by atoms with Crippen LogP contribution in [0.5, 0.6) is 11.5 Å². The van der Waals surface area contributed by atoms with Gasteiger partial charge >= 0.3 is 12.1 Å². The summed E-state index contributed by atoms with van der Waals surface area (Å²) in [7, 11) is 2.86. The number of aromatic nitrogens is 2. The molecule has 11 heteroatoms. The normalized spacial score (nSPS) is 19.2. The molecule has 0 amide bonds. The lowest BCUT2D eigenvalue weighted by molar-refractivity contribution is -0.173. The number of methoxy groups -OCH3 is 2. The van der Waals surface area contributed by atoms with Crippen LogP contribution in [0.15, 0.2) is 18.2 Å². The van der Waals surface area contributed by atoms with Gasteiger partial charge in [0, 0.05) is 6.42 Å². The molecule has 0 fully saturated rings. The summed E-state index contributed by atoms with van der Waals surface area (Å²) in [4.78, 5) is 11.2. The van der Waals surface area contributed by atoms with Crippen molar-refractivity contribution in [3.05, 3.63) is 34.5 Å². The van der Waals surface area contributed by atoms with Crippen molar-refractivity contribution in [1.82, 2.24) is 9.78 Å². The second-order valence-corrected chi connectivity index (χ2v) is 6.24. The standard InChI is InChI=1S/C16H15ClF3N3O4/c1-26-9-4-3-7(5-10(9)27-2)8-6-11(16(18,19)20)23-14(21-8)12(17)13(22-23)15(24)25/h3-5,8,11,21H,6H2,1-2H3,(H,24,25)/t8-,11-/m0/s1. The average Bonchev–Trinajstić information content (AvgIpc) is 2.96. The zero-order valence-corrected chi connectivity index (χ0v) is 14.9. The number of rotatable bonds is 4. The largest absolute Gasteiger partial charge is 0.493 e. The van der Waals surface area contributed by atoms with E-state index in [0.29, 0.717) is 21.7 Å². The summed E-state index contributed by atoms with van der Waals surface area (Å²) < 4.78 is 51.7. The summed E-state index contributed by atoms with van der Waals surface area (Å²) in [6.45, 7) is 0. The molecule has 2 atom stereocenters. The van der Waals surface area contributed by atoms with Gasteiger partial charge in [-0.25, -0.2) is 9.48 Å². The fourth-order valence-corrected chi connectivity index (χ4v) is 3.27. The first-order valence-electron chi connectivity index (χ1n) is 7.73. The molecule has 0 spiro atoms. The molecule has 2 heterocycles. The van der Waals surface area contributed by atoms with E-state index >= 15 is 0 Å². The van der Waals surface area contributed by atoms with Crippen LogP contribution in [0.1, 0.15) is 34.6 Å². The summed E-state index contributed by atoms with van der Waals surface area (Å²) in [5.74, 6) is -0.910. The van der Waals surface area contributed by atoms with Crippen molar-refractivity contribution in [2.45, 2.75) is 24.7 Å². The summed E-state index contributed by atoms with van der Waals surface area (Å²) in [5, 5.41) is 15.1. The predicted molar refractivity (Wildman–Crippen MR) is 89.8 cm³/mol. The van der Waals surface area contributed by atoms with Crippen molar-refractivity contribution in [3.8, 4) is 11.5 Å². The average molecular weight is 406 g/mol. The lowest BCUT2D eigenvalue weighted by Crippen LogP contribution is -2.35. The zero-order chi connectivity index (χ0) is 19.9. The molecule has 0 radical (unpaired) electrons. The van der Waals surface area contributed by atoms with Gasteiger partial charge in [-0.15, -0.1) is 0 Å². The number of anilines is 1. The van der Waals surface area contributed by atoms with Crippen LogP contribution >= 0.6 is 11.6 Å². The van der Waals surface area contributed by atoms with Crippen molar-refractivity contribution in [3.63, 3.8) is 0 Å². The number of carboxylic acid groups (broad SMARTS) is 1. The maximum atomic E-state index is 13.6. The number of nitrogens with one attached hydrogen (secondary N) is 1. The molecule has 0 saturated carbocycles. The summed E-state index contributed by atoms with van der Waals surface area (Å²) in [6, 6.07) is 1.92. The van der Waals surface area contributed by atoms with Gasteiger partial charge in [-0.05, 0) is 17.7 Å². The molecule has 2 N–H and O–H groups in total. The van der Waals surface area contributed by atoms with E-state index in [2.05, 4.69) is 10.4 Å². The Morgan fingerprint density at radius 2 is 2.00 bits per heavy atom. The minimum atomic E-state index is -4.64. The number of hydrogen-bond acceptors (Lipinski definition) is 5. The van der Waals surface area contributed by atoms with Gasteiger partial charge in [0.25, 0.3) is 0 Å². The SMILES string of the molecule is COc1ccc([C@@H]2C[C@@H](C(F)(F)F)n3nc(C(=O)O)c(Cl)c3N2)cc1OC. The first-order chi connectivity index (χ1) is 12.7. The molecule has 0 saturated heterocycles. The third-order valence-electron chi connectivity index (χ3n) is 4.31. The van der Waals surface area contributed by atoms with E-state index in [9.17, 15) is 18.0 Å². The van der Waals surface area contributed by atoms with Crippen LogP contribution in [0.4, 0.5) is 19.0 Å². The van der Waals surface area contributed by atoms with Crippen molar-refractivity contribution in [2.75, 3.05) is 19.5 Å². The molecule has 0 aliphatic carbocycles. The Balaban J connectivity index is 2.07. The Hall–Kier alpha value is -2.62. The number of hydrogen-bond donors (Lipinski definition) is 2. The van der Waals surface area contributed by atoms with E-state index in [1.165, 1.54) is 14.2 Å². The molecule has 0 unspecified atom stereocenters. The molecule has 0 bridgehead atoms. The molecule has 3 rings (SSSR count). The molecule has 1 aromatic carbocycles. The highest BCUT2D eigenvalue weighted by molar-refractivity contribution is 6.35. The highest BCUT2D eigenvalue weighted by Crippen LogP contribution is 2.47. The van der Waals surface area contributed by atoms with Crippen LogP contribution in [0, 0.1) is 0 Å². The third-order valence-corrected chi connectivity index (χ3v) is 4.67. The van der Waals surface area contributed by atoms with E-state index in [0.717, 1.165) is 0 Å². The minimum Gasteiger partial charge on any atom is -0.493 e. The number of carbonyl (C=O) groups is 1. The summed E-state index contributed by atoms with van der Waals surface area (Å²) in [5.41, 5.74) is -0.135. The van der Waals surface area contributed by atoms with Gasteiger partial charge in [-0.1, -0.05) is 17.7 Å². The van der Waals surface area contributed by atoms with Gasteiger partial charge < -0.3 is 19.9 Å². The highest BCUT2D eigenvalue weighted by Gasteiger charge is 2.48. The third kappa shape index (κ3) is 3.36. The van der Waals surface area contributed by atoms with E-state index in [-0.39, 0.29) is 10.8 Å². The van der Waals surface area contributed by atoms with Crippen LogP contribution in [-0.2, 0) is 0 Å². The smallest absolute Gasteiger partial charge is 0.410 e. The molecule has 146 valence electrons. The Kier molecular flexibility index (Phi) is 4.85. The molecule has 1 aliphatic heterocycles. The number of carboxylic acids is 1. The van der Waals surface area contributed by atoms with Gasteiger partial charge in [0.15, 0.2) is 23.2 Å². The quantitative estimate of drug-likeness (QED) is 0.802. The lowest BCUT2D eigenvalue weighted by atomic mass is 9.96. The van der Waals surface area contributed by atoms with Crippen molar-refractivity contribution in [1.29, 1.82) is 0 Å². The molecular weight excluding hydrogens is 391 g/mol. The van der Waals surface area contributed by atoms with Gasteiger partial charge in [0.1, 0.15) is 10.8 Å². The van der Waals surface area contributed by atoms with E-state index < -0.39 is 36.3 Å². The Morgan fingerprint density at radius 1 is 1.33 bits per heavy atom. The molecule has 27 heavy (non-hydrogen) atoms. The minimum absolute atomic E-state index is 0.192. The van der Waals surface area contributed by atoms with Crippen LogP contribution in [0.2, 0.25) is 5.02 Å². The van der Waals surface area contributed by atoms with E-state index in [1.807, 2.05) is 0 Å². The zero-order valence-electron chi connectivity index (χ0n) is 14.2. The molecule has 1 aromatic heterocycles. The van der Waals surface area contributed by atoms with Crippen molar-refractivity contribution in [2.24, 2.45) is 0 Å². The number of nitrogens with zero attached hydrogens (tertiary/aromatic N) is 2. The monoisotopic (exact) mass is 405 g/mol. The maximum absolute atomic E-state index is 13.6. The van der Waals surface area contributed by atoms with Crippen LogP contribution in [-0.4, -0.2) is 41.3 Å². The van der Waals surface area contributed by atoms with Crippen LogP contribution in [0.25, 0.3) is 0 Å². The van der Waals surface area contributed by atoms with Crippen LogP contribution < -0.4 is 14.8 Å². The van der Waals surface area contributed by atoms with Gasteiger partial charge in [-0.3, -0.25) is 0 Å². The Labute approximate surface area is 156 Å². The summed E-state index contributed by atoms with van der Waals surface area (Å²) in [6.07, 6.45) is -5.04. The van der Waals surface area contributed by atoms with Crippen molar-refractivity contribution >= 4 is 23.4 Å². The Bertz CT molecular complexity index is 885. The number of benzene rings is 1. The topological polar surface area (TPSA) is 85.6 Å². The lowest BCUT2D eigenvalue weighted by Gasteiger charge is -2.33. The molecular formula is C16H15ClF3N3O4. The van der Waals surface area contributed by atoms with E-state index in [1.54, 1.807) is 18.2 Å². The predicted octanol–water partition coefficient (Wildman–Crippen LogP) is 3.91. The second kappa shape index (κ2) is 6.84. The van der Waals surface area contributed by atoms with Gasteiger partial charge in [0.05, 0.1) is 20.3 Å².